The third-order valence-electron chi connectivity index (χ3n) is 2.32. The second-order valence-corrected chi connectivity index (χ2v) is 3.70. The van der Waals surface area contributed by atoms with Crippen molar-refractivity contribution < 1.29 is 18.7 Å². The van der Waals surface area contributed by atoms with Crippen molar-refractivity contribution >= 4 is 11.5 Å². The molecular formula is C13H14F2O2. The summed E-state index contributed by atoms with van der Waals surface area (Å²) in [4.78, 5) is 10.5. The van der Waals surface area contributed by atoms with Gasteiger partial charge in [-0.25, -0.2) is 8.78 Å². The number of benzene rings is 1. The predicted molar refractivity (Wildman–Crippen MR) is 61.5 cm³/mol. The molecule has 4 heteroatoms. The average Bonchev–Trinajstić information content (AvgIpc) is 2.27. The van der Waals surface area contributed by atoms with E-state index in [1.54, 1.807) is 0 Å². The second kappa shape index (κ2) is 6.13. The SMILES string of the molecule is CCC/C(=C\CC(=O)O)c1cc(F)ccc1F. The molecule has 0 fully saturated rings. The molecule has 0 atom stereocenters. The number of rotatable bonds is 5. The number of halogens is 2. The van der Waals surface area contributed by atoms with Crippen molar-refractivity contribution in [1.82, 2.24) is 0 Å². The minimum atomic E-state index is -0.990. The molecule has 0 heterocycles. The number of carbonyl (C=O) groups is 1. The Morgan fingerprint density at radius 1 is 1.41 bits per heavy atom. The standard InChI is InChI=1S/C13H14F2O2/c1-2-3-9(4-7-13(16)17)11-8-10(14)5-6-12(11)15/h4-6,8H,2-3,7H2,1H3,(H,16,17)/b9-4+. The Bertz CT molecular complexity index is 439. The van der Waals surface area contributed by atoms with Gasteiger partial charge in [-0.1, -0.05) is 19.4 Å². The lowest BCUT2D eigenvalue weighted by atomic mass is 9.99. The summed E-state index contributed by atoms with van der Waals surface area (Å²) < 4.78 is 26.5. The highest BCUT2D eigenvalue weighted by molar-refractivity contribution is 5.74. The minimum absolute atomic E-state index is 0.146. The minimum Gasteiger partial charge on any atom is -0.481 e. The molecule has 0 aromatic heterocycles. The van der Waals surface area contributed by atoms with Gasteiger partial charge in [0.25, 0.3) is 0 Å². The van der Waals surface area contributed by atoms with Gasteiger partial charge in [0.2, 0.25) is 0 Å². The van der Waals surface area contributed by atoms with Crippen molar-refractivity contribution in [3.63, 3.8) is 0 Å². The molecule has 1 aromatic rings. The number of carboxylic acids is 1. The molecule has 0 aliphatic heterocycles. The summed E-state index contributed by atoms with van der Waals surface area (Å²) in [7, 11) is 0. The normalized spacial score (nSPS) is 11.6. The lowest BCUT2D eigenvalue weighted by Crippen LogP contribution is -1.95. The molecule has 0 radical (unpaired) electrons. The molecular weight excluding hydrogens is 226 g/mol. The van der Waals surface area contributed by atoms with Gasteiger partial charge in [-0.15, -0.1) is 0 Å². The number of hydrogen-bond acceptors (Lipinski definition) is 1. The zero-order valence-corrected chi connectivity index (χ0v) is 9.54. The quantitative estimate of drug-likeness (QED) is 0.853. The zero-order valence-electron chi connectivity index (χ0n) is 9.54. The number of aliphatic carboxylic acids is 1. The van der Waals surface area contributed by atoms with Crippen LogP contribution in [0.5, 0.6) is 0 Å². The summed E-state index contributed by atoms with van der Waals surface area (Å²) in [5.74, 6) is -2.05. The second-order valence-electron chi connectivity index (χ2n) is 3.70. The largest absolute Gasteiger partial charge is 0.481 e. The number of allylic oxidation sites excluding steroid dienone is 1. The smallest absolute Gasteiger partial charge is 0.307 e. The highest BCUT2D eigenvalue weighted by atomic mass is 19.1. The van der Waals surface area contributed by atoms with Crippen molar-refractivity contribution in [3.8, 4) is 0 Å². The van der Waals surface area contributed by atoms with Crippen molar-refractivity contribution in [2.24, 2.45) is 0 Å². The third kappa shape index (κ3) is 3.98. The summed E-state index contributed by atoms with van der Waals surface area (Å²) in [5.41, 5.74) is 0.681. The van der Waals surface area contributed by atoms with E-state index < -0.39 is 17.6 Å². The van der Waals surface area contributed by atoms with Gasteiger partial charge in [0, 0.05) is 5.56 Å². The van der Waals surface area contributed by atoms with Gasteiger partial charge in [-0.2, -0.15) is 0 Å². The van der Waals surface area contributed by atoms with Crippen LogP contribution in [0.25, 0.3) is 5.57 Å². The fourth-order valence-corrected chi connectivity index (χ4v) is 1.57. The van der Waals surface area contributed by atoms with Crippen molar-refractivity contribution in [3.05, 3.63) is 41.5 Å². The highest BCUT2D eigenvalue weighted by Gasteiger charge is 2.09. The van der Waals surface area contributed by atoms with Gasteiger partial charge < -0.3 is 5.11 Å². The van der Waals surface area contributed by atoms with E-state index in [4.69, 9.17) is 5.11 Å². The van der Waals surface area contributed by atoms with Crippen molar-refractivity contribution in [2.45, 2.75) is 26.2 Å². The van der Waals surface area contributed by atoms with Gasteiger partial charge in [0.1, 0.15) is 11.6 Å². The van der Waals surface area contributed by atoms with Crippen LogP contribution in [-0.4, -0.2) is 11.1 Å². The molecule has 1 aromatic carbocycles. The van der Waals surface area contributed by atoms with E-state index in [9.17, 15) is 13.6 Å². The molecule has 0 spiro atoms. The fourth-order valence-electron chi connectivity index (χ4n) is 1.57. The first kappa shape index (κ1) is 13.4. The van der Waals surface area contributed by atoms with Crippen LogP contribution in [0.4, 0.5) is 8.78 Å². The van der Waals surface area contributed by atoms with E-state index in [1.807, 2.05) is 6.92 Å². The Balaban J connectivity index is 3.08. The lowest BCUT2D eigenvalue weighted by Gasteiger charge is -2.08. The highest BCUT2D eigenvalue weighted by Crippen LogP contribution is 2.24. The van der Waals surface area contributed by atoms with E-state index >= 15 is 0 Å². The van der Waals surface area contributed by atoms with Crippen molar-refractivity contribution in [2.75, 3.05) is 0 Å². The molecule has 92 valence electrons. The van der Waals surface area contributed by atoms with Gasteiger partial charge in [-0.3, -0.25) is 4.79 Å². The zero-order chi connectivity index (χ0) is 12.8. The van der Waals surface area contributed by atoms with E-state index in [0.29, 0.717) is 12.0 Å². The summed E-state index contributed by atoms with van der Waals surface area (Å²) >= 11 is 0. The first-order chi connectivity index (χ1) is 8.04. The molecule has 0 aliphatic rings. The van der Waals surface area contributed by atoms with Crippen molar-refractivity contribution in [1.29, 1.82) is 0 Å². The lowest BCUT2D eigenvalue weighted by molar-refractivity contribution is -0.135. The van der Waals surface area contributed by atoms with Gasteiger partial charge in [-0.05, 0) is 30.2 Å². The fraction of sp³-hybridized carbons (Fsp3) is 0.308. The topological polar surface area (TPSA) is 37.3 Å². The van der Waals surface area contributed by atoms with Crippen LogP contribution in [0.1, 0.15) is 31.7 Å². The molecule has 0 saturated heterocycles. The Kier molecular flexibility index (Phi) is 4.82. The first-order valence-electron chi connectivity index (χ1n) is 5.40. The molecule has 0 bridgehead atoms. The molecule has 0 saturated carbocycles. The Hall–Kier alpha value is -1.71. The van der Waals surface area contributed by atoms with E-state index in [0.717, 1.165) is 24.6 Å². The van der Waals surface area contributed by atoms with Crippen LogP contribution < -0.4 is 0 Å². The average molecular weight is 240 g/mol. The first-order valence-corrected chi connectivity index (χ1v) is 5.40. The molecule has 1 rings (SSSR count). The van der Waals surface area contributed by atoms with Crippen LogP contribution in [0.15, 0.2) is 24.3 Å². The summed E-state index contributed by atoms with van der Waals surface area (Å²) in [6, 6.07) is 3.19. The van der Waals surface area contributed by atoms with Crippen LogP contribution in [0.3, 0.4) is 0 Å². The summed E-state index contributed by atoms with van der Waals surface area (Å²) in [6.07, 6.45) is 2.50. The monoisotopic (exact) mass is 240 g/mol. The summed E-state index contributed by atoms with van der Waals surface area (Å²) in [6.45, 7) is 1.89. The maximum Gasteiger partial charge on any atom is 0.307 e. The van der Waals surface area contributed by atoms with E-state index in [2.05, 4.69) is 0 Å². The molecule has 17 heavy (non-hydrogen) atoms. The van der Waals surface area contributed by atoms with Gasteiger partial charge >= 0.3 is 5.97 Å². The maximum absolute atomic E-state index is 13.5. The van der Waals surface area contributed by atoms with Crippen LogP contribution in [0, 0.1) is 11.6 Å². The summed E-state index contributed by atoms with van der Waals surface area (Å²) in [5, 5.41) is 8.59. The van der Waals surface area contributed by atoms with Crippen LogP contribution >= 0.6 is 0 Å². The molecule has 0 unspecified atom stereocenters. The third-order valence-corrected chi connectivity index (χ3v) is 2.32. The molecule has 0 aliphatic carbocycles. The molecule has 0 amide bonds. The van der Waals surface area contributed by atoms with Gasteiger partial charge in [0.05, 0.1) is 6.42 Å². The van der Waals surface area contributed by atoms with Crippen LogP contribution in [-0.2, 0) is 4.79 Å². The van der Waals surface area contributed by atoms with Gasteiger partial charge in [0.15, 0.2) is 0 Å². The Labute approximate surface area is 98.6 Å². The Morgan fingerprint density at radius 3 is 2.71 bits per heavy atom. The van der Waals surface area contributed by atoms with Crippen LogP contribution in [0.2, 0.25) is 0 Å². The predicted octanol–water partition coefficient (Wildman–Crippen LogP) is 3.62. The Morgan fingerprint density at radius 2 is 2.12 bits per heavy atom. The number of carboxylic acid groups (broad SMARTS) is 1. The number of hydrogen-bond donors (Lipinski definition) is 1. The maximum atomic E-state index is 13.5. The molecule has 1 N–H and O–H groups in total. The van der Waals surface area contributed by atoms with E-state index in [-0.39, 0.29) is 12.0 Å². The van der Waals surface area contributed by atoms with E-state index in [1.165, 1.54) is 6.08 Å². The molecule has 2 nitrogen and oxygen atoms in total.